The van der Waals surface area contributed by atoms with Gasteiger partial charge in [-0.2, -0.15) is 0 Å². The van der Waals surface area contributed by atoms with Gasteiger partial charge in [0.15, 0.2) is 22.7 Å². The lowest BCUT2D eigenvalue weighted by atomic mass is 10.1. The fourth-order valence-corrected chi connectivity index (χ4v) is 2.58. The van der Waals surface area contributed by atoms with E-state index < -0.39 is 11.2 Å². The third-order valence-electron chi connectivity index (χ3n) is 3.97. The number of nitrogens with zero attached hydrogens (tertiary/aromatic N) is 4. The summed E-state index contributed by atoms with van der Waals surface area (Å²) in [6, 6.07) is 4.49. The molecule has 0 saturated carbocycles. The number of imidazole rings is 1. The summed E-state index contributed by atoms with van der Waals surface area (Å²) < 4.78 is 4.01. The van der Waals surface area contributed by atoms with Gasteiger partial charge in [0.2, 0.25) is 0 Å². The summed E-state index contributed by atoms with van der Waals surface area (Å²) in [7, 11) is 4.69. The van der Waals surface area contributed by atoms with E-state index in [1.165, 1.54) is 23.7 Å². The molecule has 0 spiro atoms. The molecule has 8 nitrogen and oxygen atoms in total. The van der Waals surface area contributed by atoms with Gasteiger partial charge in [0.05, 0.1) is 0 Å². The van der Waals surface area contributed by atoms with Gasteiger partial charge < -0.3 is 14.8 Å². The first-order valence-electron chi connectivity index (χ1n) is 6.93. The quantitative estimate of drug-likeness (QED) is 0.647. The second kappa shape index (κ2) is 5.01. The average molecular weight is 316 g/mol. The van der Waals surface area contributed by atoms with Crippen LogP contribution in [0.5, 0.6) is 11.5 Å². The van der Waals surface area contributed by atoms with Gasteiger partial charge in [-0.25, -0.2) is 9.78 Å². The predicted octanol–water partition coefficient (Wildman–Crippen LogP) is -0.0273. The molecule has 2 heterocycles. The molecular formula is C15H16N4O4. The summed E-state index contributed by atoms with van der Waals surface area (Å²) >= 11 is 0. The van der Waals surface area contributed by atoms with Crippen molar-refractivity contribution in [2.24, 2.45) is 21.1 Å². The molecule has 0 fully saturated rings. The summed E-state index contributed by atoms with van der Waals surface area (Å²) in [4.78, 5) is 28.7. The Morgan fingerprint density at radius 1 is 1.00 bits per heavy atom. The number of hydrogen-bond acceptors (Lipinski definition) is 5. The summed E-state index contributed by atoms with van der Waals surface area (Å²) in [5.41, 5.74) is 0.541. The molecule has 0 bridgehead atoms. The number of rotatable bonds is 2. The van der Waals surface area contributed by atoms with Crippen molar-refractivity contribution >= 4 is 11.2 Å². The van der Waals surface area contributed by atoms with Gasteiger partial charge in [0.1, 0.15) is 5.82 Å². The molecule has 23 heavy (non-hydrogen) atoms. The van der Waals surface area contributed by atoms with Gasteiger partial charge in [-0.15, -0.1) is 0 Å². The van der Waals surface area contributed by atoms with Gasteiger partial charge in [0.25, 0.3) is 5.56 Å². The molecular weight excluding hydrogens is 300 g/mol. The van der Waals surface area contributed by atoms with Crippen molar-refractivity contribution in [2.75, 3.05) is 0 Å². The number of aryl methyl sites for hydroxylation is 2. The zero-order valence-corrected chi connectivity index (χ0v) is 12.9. The predicted molar refractivity (Wildman–Crippen MR) is 83.8 cm³/mol. The highest BCUT2D eigenvalue weighted by molar-refractivity contribution is 5.71. The van der Waals surface area contributed by atoms with Crippen molar-refractivity contribution in [3.63, 3.8) is 0 Å². The first kappa shape index (κ1) is 14.9. The molecule has 0 aliphatic carbocycles. The summed E-state index contributed by atoms with van der Waals surface area (Å²) in [6.45, 7) is 0. The van der Waals surface area contributed by atoms with Crippen molar-refractivity contribution in [1.29, 1.82) is 0 Å². The molecule has 2 aromatic heterocycles. The topological polar surface area (TPSA) is 102 Å². The Morgan fingerprint density at radius 2 is 1.70 bits per heavy atom. The minimum absolute atomic E-state index is 0.199. The molecule has 0 saturated heterocycles. The van der Waals surface area contributed by atoms with E-state index in [0.29, 0.717) is 23.4 Å². The molecule has 120 valence electrons. The summed E-state index contributed by atoms with van der Waals surface area (Å²) in [5.74, 6) is 0.156. The van der Waals surface area contributed by atoms with Crippen LogP contribution in [0.3, 0.4) is 0 Å². The second-order valence-corrected chi connectivity index (χ2v) is 5.46. The van der Waals surface area contributed by atoms with Crippen molar-refractivity contribution in [3.8, 4) is 11.5 Å². The van der Waals surface area contributed by atoms with E-state index in [4.69, 9.17) is 0 Å². The third kappa shape index (κ3) is 2.19. The number of aromatic hydroxyl groups is 2. The Labute approximate surface area is 130 Å². The van der Waals surface area contributed by atoms with Gasteiger partial charge in [-0.05, 0) is 17.7 Å². The number of aromatic nitrogens is 4. The SMILES string of the molecule is Cn1c(=O)c2c(nc(Cc3ccc(O)c(O)c3)n2C)n(C)c1=O. The highest BCUT2D eigenvalue weighted by atomic mass is 16.3. The van der Waals surface area contributed by atoms with Crippen LogP contribution in [0.4, 0.5) is 0 Å². The number of hydrogen-bond donors (Lipinski definition) is 2. The van der Waals surface area contributed by atoms with Gasteiger partial charge >= 0.3 is 5.69 Å². The molecule has 1 aromatic carbocycles. The maximum absolute atomic E-state index is 12.3. The van der Waals surface area contributed by atoms with E-state index in [1.807, 2.05) is 0 Å². The van der Waals surface area contributed by atoms with Gasteiger partial charge in [-0.3, -0.25) is 13.9 Å². The van der Waals surface area contributed by atoms with E-state index in [2.05, 4.69) is 4.98 Å². The largest absolute Gasteiger partial charge is 0.504 e. The monoisotopic (exact) mass is 316 g/mol. The number of phenols is 2. The van der Waals surface area contributed by atoms with Crippen LogP contribution < -0.4 is 11.2 Å². The van der Waals surface area contributed by atoms with Crippen LogP contribution in [0.1, 0.15) is 11.4 Å². The van der Waals surface area contributed by atoms with E-state index >= 15 is 0 Å². The Balaban J connectivity index is 2.20. The first-order chi connectivity index (χ1) is 10.8. The van der Waals surface area contributed by atoms with Crippen molar-refractivity contribution in [3.05, 3.63) is 50.4 Å². The average Bonchev–Trinajstić information content (AvgIpc) is 2.84. The normalized spacial score (nSPS) is 11.3. The van der Waals surface area contributed by atoms with Crippen LogP contribution >= 0.6 is 0 Å². The fourth-order valence-electron chi connectivity index (χ4n) is 2.58. The van der Waals surface area contributed by atoms with Crippen LogP contribution in [0, 0.1) is 0 Å². The van der Waals surface area contributed by atoms with E-state index in [-0.39, 0.29) is 11.5 Å². The maximum atomic E-state index is 12.3. The molecule has 2 N–H and O–H groups in total. The van der Waals surface area contributed by atoms with E-state index in [0.717, 1.165) is 10.1 Å². The van der Waals surface area contributed by atoms with E-state index in [1.54, 1.807) is 24.7 Å². The van der Waals surface area contributed by atoms with Crippen LogP contribution in [0.2, 0.25) is 0 Å². The van der Waals surface area contributed by atoms with Crippen molar-refractivity contribution in [2.45, 2.75) is 6.42 Å². The fraction of sp³-hybridized carbons (Fsp3) is 0.267. The van der Waals surface area contributed by atoms with Gasteiger partial charge in [0, 0.05) is 27.6 Å². The lowest BCUT2D eigenvalue weighted by molar-refractivity contribution is 0.403. The number of fused-ring (bicyclic) bond motifs is 1. The first-order valence-corrected chi connectivity index (χ1v) is 6.93. The molecule has 0 aliphatic heterocycles. The summed E-state index contributed by atoms with van der Waals surface area (Å²) in [6.07, 6.45) is 0.344. The molecule has 0 radical (unpaired) electrons. The van der Waals surface area contributed by atoms with Gasteiger partial charge in [-0.1, -0.05) is 6.07 Å². The van der Waals surface area contributed by atoms with Crippen LogP contribution in [-0.4, -0.2) is 28.9 Å². The summed E-state index contributed by atoms with van der Waals surface area (Å²) in [5, 5.41) is 18.9. The molecule has 0 aliphatic rings. The molecule has 0 unspecified atom stereocenters. The van der Waals surface area contributed by atoms with Crippen LogP contribution in [0.15, 0.2) is 27.8 Å². The standard InChI is InChI=1S/C15H16N4O4/c1-17-11(7-8-4-5-9(20)10(21)6-8)16-13-12(17)14(22)19(3)15(23)18(13)2/h4-6,20-21H,7H2,1-3H3. The Kier molecular flexibility index (Phi) is 3.24. The zero-order valence-electron chi connectivity index (χ0n) is 12.9. The number of benzene rings is 1. The Bertz CT molecular complexity index is 1040. The highest BCUT2D eigenvalue weighted by Crippen LogP contribution is 2.26. The Morgan fingerprint density at radius 3 is 2.35 bits per heavy atom. The minimum atomic E-state index is -0.436. The molecule has 0 atom stereocenters. The van der Waals surface area contributed by atoms with Crippen molar-refractivity contribution in [1.82, 2.24) is 18.7 Å². The molecule has 3 rings (SSSR count). The third-order valence-corrected chi connectivity index (χ3v) is 3.97. The highest BCUT2D eigenvalue weighted by Gasteiger charge is 2.17. The second-order valence-electron chi connectivity index (χ2n) is 5.46. The van der Waals surface area contributed by atoms with Crippen LogP contribution in [-0.2, 0) is 27.6 Å². The zero-order chi connectivity index (χ0) is 16.9. The van der Waals surface area contributed by atoms with Crippen LogP contribution in [0.25, 0.3) is 11.2 Å². The number of phenolic OH excluding ortho intramolecular Hbond substituents is 2. The molecule has 0 amide bonds. The van der Waals surface area contributed by atoms with Crippen molar-refractivity contribution < 1.29 is 10.2 Å². The lowest BCUT2D eigenvalue weighted by Crippen LogP contribution is -2.37. The van der Waals surface area contributed by atoms with E-state index in [9.17, 15) is 19.8 Å². The Hall–Kier alpha value is -3.03. The lowest BCUT2D eigenvalue weighted by Gasteiger charge is -2.05. The molecule has 3 aromatic rings. The smallest absolute Gasteiger partial charge is 0.332 e. The molecule has 8 heteroatoms. The minimum Gasteiger partial charge on any atom is -0.504 e. The maximum Gasteiger partial charge on any atom is 0.332 e.